The average molecular weight is 479 g/mol. The van der Waals surface area contributed by atoms with E-state index in [1.165, 1.54) is 0 Å². The minimum Gasteiger partial charge on any atom is -0.385 e. The monoisotopic (exact) mass is 478 g/mol. The van der Waals surface area contributed by atoms with Crippen LogP contribution < -0.4 is 0 Å². The smallest absolute Gasteiger partial charge is 0.0934 e. The fourth-order valence-electron chi connectivity index (χ4n) is 5.18. The molecule has 1 saturated heterocycles. The van der Waals surface area contributed by atoms with Crippen molar-refractivity contribution in [3.63, 3.8) is 0 Å². The van der Waals surface area contributed by atoms with Crippen LogP contribution in [0.2, 0.25) is 10.0 Å². The molecule has 1 aliphatic heterocycles. The molecule has 0 spiro atoms. The number of unbranched alkanes of at least 4 members (excludes halogenated alkanes) is 2. The van der Waals surface area contributed by atoms with Crippen LogP contribution in [0.25, 0.3) is 0 Å². The number of likely N-dealkylation sites (tertiary alicyclic amines) is 1. The highest BCUT2D eigenvalue weighted by atomic mass is 35.5. The first-order valence-electron chi connectivity index (χ1n) is 11.4. The van der Waals surface area contributed by atoms with E-state index in [0.29, 0.717) is 35.9 Å². The molecule has 33 heavy (non-hydrogen) atoms. The van der Waals surface area contributed by atoms with Crippen LogP contribution >= 0.6 is 23.2 Å². The standard InChI is InChI=1S/C28H28Cl2N2O/c29-25-18-24(19-26(30)20-25)27(33)14-17-32(16-9-3-8-15-31)28(21-27,22-10-4-1-5-11-22)23-12-6-2-7-13-23/h1-2,4-7,10-13,18-20,33H,3,8-9,14,16-17,21H2/t27-/m1/s1. The summed E-state index contributed by atoms with van der Waals surface area (Å²) in [5.74, 6) is 0. The first-order valence-corrected chi connectivity index (χ1v) is 12.2. The molecule has 1 atom stereocenters. The highest BCUT2D eigenvalue weighted by molar-refractivity contribution is 6.34. The maximum Gasteiger partial charge on any atom is 0.0934 e. The Kier molecular flexibility index (Phi) is 7.41. The summed E-state index contributed by atoms with van der Waals surface area (Å²) in [4.78, 5) is 2.48. The second-order valence-electron chi connectivity index (χ2n) is 8.81. The van der Waals surface area contributed by atoms with Crippen molar-refractivity contribution in [2.24, 2.45) is 0 Å². The molecule has 1 heterocycles. The molecular formula is C28H28Cl2N2O. The largest absolute Gasteiger partial charge is 0.385 e. The van der Waals surface area contributed by atoms with Crippen molar-refractivity contribution in [3.8, 4) is 6.07 Å². The Labute approximate surface area is 206 Å². The summed E-state index contributed by atoms with van der Waals surface area (Å²) >= 11 is 12.7. The van der Waals surface area contributed by atoms with Gasteiger partial charge in [-0.3, -0.25) is 4.90 Å². The van der Waals surface area contributed by atoms with Crippen LogP contribution in [0.4, 0.5) is 0 Å². The minimum absolute atomic E-state index is 0.475. The Balaban J connectivity index is 1.85. The lowest BCUT2D eigenvalue weighted by Gasteiger charge is -2.54. The summed E-state index contributed by atoms with van der Waals surface area (Å²) in [6.45, 7) is 1.55. The normalized spacial score (nSPS) is 20.3. The third kappa shape index (κ3) is 4.95. The fourth-order valence-corrected chi connectivity index (χ4v) is 5.70. The van der Waals surface area contributed by atoms with E-state index in [1.807, 2.05) is 24.3 Å². The van der Waals surface area contributed by atoms with Gasteiger partial charge in [0.05, 0.1) is 17.2 Å². The van der Waals surface area contributed by atoms with E-state index in [4.69, 9.17) is 28.5 Å². The van der Waals surface area contributed by atoms with Crippen LogP contribution in [-0.4, -0.2) is 23.1 Å². The lowest BCUT2D eigenvalue weighted by molar-refractivity contribution is -0.0825. The number of benzene rings is 3. The summed E-state index contributed by atoms with van der Waals surface area (Å²) in [7, 11) is 0. The molecule has 4 rings (SSSR count). The van der Waals surface area contributed by atoms with E-state index < -0.39 is 11.1 Å². The van der Waals surface area contributed by atoms with Gasteiger partial charge in [0.1, 0.15) is 0 Å². The number of piperidine rings is 1. The van der Waals surface area contributed by atoms with Crippen LogP contribution in [0, 0.1) is 11.3 Å². The summed E-state index contributed by atoms with van der Waals surface area (Å²) < 4.78 is 0. The van der Waals surface area contributed by atoms with Crippen molar-refractivity contribution in [3.05, 3.63) is 106 Å². The predicted molar refractivity (Wildman–Crippen MR) is 134 cm³/mol. The third-order valence-electron chi connectivity index (χ3n) is 6.75. The van der Waals surface area contributed by atoms with Gasteiger partial charge in [0.15, 0.2) is 0 Å². The number of hydrogen-bond acceptors (Lipinski definition) is 3. The van der Waals surface area contributed by atoms with Gasteiger partial charge in [0.2, 0.25) is 0 Å². The number of nitrogens with zero attached hydrogens (tertiary/aromatic N) is 2. The van der Waals surface area contributed by atoms with E-state index in [9.17, 15) is 5.11 Å². The maximum absolute atomic E-state index is 12.1. The zero-order valence-corrected chi connectivity index (χ0v) is 20.1. The Morgan fingerprint density at radius 2 is 1.42 bits per heavy atom. The number of nitriles is 1. The van der Waals surface area contributed by atoms with Crippen molar-refractivity contribution >= 4 is 23.2 Å². The Morgan fingerprint density at radius 1 is 0.848 bits per heavy atom. The number of hydrogen-bond donors (Lipinski definition) is 1. The summed E-state index contributed by atoms with van der Waals surface area (Å²) in [6, 6.07) is 28.4. The molecule has 3 aromatic carbocycles. The van der Waals surface area contributed by atoms with Gasteiger partial charge in [-0.15, -0.1) is 0 Å². The van der Waals surface area contributed by atoms with Gasteiger partial charge in [0, 0.05) is 29.4 Å². The van der Waals surface area contributed by atoms with Gasteiger partial charge in [0.25, 0.3) is 0 Å². The summed E-state index contributed by atoms with van der Waals surface area (Å²) in [6.07, 6.45) is 3.39. The Bertz CT molecular complexity index is 1050. The SMILES string of the molecule is N#CCCCCN1CC[C@](O)(c2cc(Cl)cc(Cl)c2)CC1(c1ccccc1)c1ccccc1. The molecule has 1 aliphatic rings. The molecule has 0 amide bonds. The minimum atomic E-state index is -1.09. The van der Waals surface area contributed by atoms with Gasteiger partial charge >= 0.3 is 0 Å². The first kappa shape index (κ1) is 23.8. The highest BCUT2D eigenvalue weighted by Gasteiger charge is 2.51. The van der Waals surface area contributed by atoms with Gasteiger partial charge in [-0.05, 0) is 60.7 Å². The molecule has 0 radical (unpaired) electrons. The molecule has 5 heteroatoms. The quantitative estimate of drug-likeness (QED) is 0.375. The molecule has 0 aromatic heterocycles. The molecule has 0 saturated carbocycles. The number of halogens is 2. The van der Waals surface area contributed by atoms with E-state index in [2.05, 4.69) is 59.5 Å². The van der Waals surface area contributed by atoms with Crippen molar-refractivity contribution < 1.29 is 5.11 Å². The maximum atomic E-state index is 12.1. The lowest BCUT2D eigenvalue weighted by atomic mass is 9.67. The second kappa shape index (κ2) is 10.3. The zero-order valence-electron chi connectivity index (χ0n) is 18.6. The lowest BCUT2D eigenvalue weighted by Crippen LogP contribution is -2.57. The predicted octanol–water partition coefficient (Wildman–Crippen LogP) is 6.91. The summed E-state index contributed by atoms with van der Waals surface area (Å²) in [5.41, 5.74) is 1.41. The van der Waals surface area contributed by atoms with Crippen LogP contribution in [0.15, 0.2) is 78.9 Å². The van der Waals surface area contributed by atoms with Crippen molar-refractivity contribution in [1.29, 1.82) is 5.26 Å². The van der Waals surface area contributed by atoms with E-state index >= 15 is 0 Å². The highest BCUT2D eigenvalue weighted by Crippen LogP contribution is 2.50. The molecule has 170 valence electrons. The summed E-state index contributed by atoms with van der Waals surface area (Å²) in [5, 5.41) is 22.1. The number of rotatable bonds is 7. The van der Waals surface area contributed by atoms with E-state index in [1.54, 1.807) is 6.07 Å². The molecule has 0 unspecified atom stereocenters. The Morgan fingerprint density at radius 3 is 1.97 bits per heavy atom. The topological polar surface area (TPSA) is 47.3 Å². The Hall–Kier alpha value is -2.35. The van der Waals surface area contributed by atoms with E-state index in [0.717, 1.165) is 36.1 Å². The van der Waals surface area contributed by atoms with Crippen LogP contribution in [-0.2, 0) is 11.1 Å². The molecule has 0 bridgehead atoms. The van der Waals surface area contributed by atoms with E-state index in [-0.39, 0.29) is 0 Å². The third-order valence-corrected chi connectivity index (χ3v) is 7.19. The van der Waals surface area contributed by atoms with Crippen molar-refractivity contribution in [2.45, 2.75) is 43.2 Å². The molecule has 1 N–H and O–H groups in total. The van der Waals surface area contributed by atoms with Gasteiger partial charge in [-0.1, -0.05) is 83.9 Å². The van der Waals surface area contributed by atoms with Gasteiger partial charge in [-0.2, -0.15) is 5.26 Å². The molecule has 3 nitrogen and oxygen atoms in total. The molecule has 0 aliphatic carbocycles. The molecule has 1 fully saturated rings. The number of aliphatic hydroxyl groups is 1. The first-order chi connectivity index (χ1) is 16.0. The zero-order chi connectivity index (χ0) is 23.3. The molecule has 3 aromatic rings. The van der Waals surface area contributed by atoms with Crippen molar-refractivity contribution in [1.82, 2.24) is 4.90 Å². The fraction of sp³-hybridized carbons (Fsp3) is 0.321. The molecular weight excluding hydrogens is 451 g/mol. The van der Waals surface area contributed by atoms with Crippen LogP contribution in [0.5, 0.6) is 0 Å². The van der Waals surface area contributed by atoms with Gasteiger partial charge < -0.3 is 5.11 Å². The van der Waals surface area contributed by atoms with Gasteiger partial charge in [-0.25, -0.2) is 0 Å². The second-order valence-corrected chi connectivity index (χ2v) is 9.68. The van der Waals surface area contributed by atoms with Crippen LogP contribution in [0.1, 0.15) is 48.8 Å². The van der Waals surface area contributed by atoms with Crippen molar-refractivity contribution in [2.75, 3.05) is 13.1 Å². The van der Waals surface area contributed by atoms with Crippen LogP contribution in [0.3, 0.4) is 0 Å². The average Bonchev–Trinajstić information content (AvgIpc) is 2.83.